The number of nitrogens with zero attached hydrogens (tertiary/aromatic N) is 1. The molecule has 1 fully saturated rings. The maximum Gasteiger partial charge on any atom is 0.343 e. The van der Waals surface area contributed by atoms with Crippen molar-refractivity contribution in [2.45, 2.75) is 24.6 Å². The topological polar surface area (TPSA) is 66.8 Å². The van der Waals surface area contributed by atoms with Gasteiger partial charge in [-0.25, -0.2) is 9.18 Å². The summed E-state index contributed by atoms with van der Waals surface area (Å²) in [6.45, 7) is -0.350. The predicted molar refractivity (Wildman–Crippen MR) is 72.2 cm³/mol. The summed E-state index contributed by atoms with van der Waals surface area (Å²) < 4.78 is 19.5. The Bertz CT molecular complexity index is 623. The summed E-state index contributed by atoms with van der Waals surface area (Å²) in [5.74, 6) is -1.33. The number of ether oxygens (including phenoxy) is 1. The molecule has 5 nitrogen and oxygen atoms in total. The number of likely N-dealkylation sites (tertiary alicyclic amines) is 1. The summed E-state index contributed by atoms with van der Waals surface area (Å²) >= 11 is 5.88. The van der Waals surface area contributed by atoms with E-state index in [-0.39, 0.29) is 18.9 Å². The average Bonchev–Trinajstić information content (AvgIpc) is 3.02. The Morgan fingerprint density at radius 3 is 2.90 bits per heavy atom. The molecule has 1 aromatic carbocycles. The van der Waals surface area contributed by atoms with Crippen LogP contribution < -0.4 is 4.74 Å². The lowest BCUT2D eigenvalue weighted by molar-refractivity contribution is -0.150. The molecular formula is C14H13ClFNO4. The van der Waals surface area contributed by atoms with E-state index < -0.39 is 24.3 Å². The van der Waals surface area contributed by atoms with E-state index in [2.05, 4.69) is 0 Å². The molecule has 1 amide bonds. The number of benzene rings is 1. The highest BCUT2D eigenvalue weighted by atomic mass is 35.5. The van der Waals surface area contributed by atoms with E-state index in [0.717, 1.165) is 5.56 Å². The minimum atomic E-state index is -2.36. The van der Waals surface area contributed by atoms with Crippen LogP contribution in [0.4, 0.5) is 4.39 Å². The molecule has 2 aliphatic rings. The first-order valence-corrected chi connectivity index (χ1v) is 6.93. The lowest BCUT2D eigenvalue weighted by Crippen LogP contribution is -2.43. The zero-order valence-corrected chi connectivity index (χ0v) is 11.8. The van der Waals surface area contributed by atoms with E-state index >= 15 is 0 Å². The maximum atomic E-state index is 14.0. The van der Waals surface area contributed by atoms with Crippen LogP contribution in [0.5, 0.6) is 5.75 Å². The van der Waals surface area contributed by atoms with Crippen molar-refractivity contribution < 1.29 is 23.8 Å². The molecule has 7 heteroatoms. The number of carboxylic acid groups (broad SMARTS) is 1. The van der Waals surface area contributed by atoms with Gasteiger partial charge in [0, 0.05) is 24.4 Å². The van der Waals surface area contributed by atoms with Crippen molar-refractivity contribution in [2.75, 3.05) is 13.1 Å². The largest absolute Gasteiger partial charge is 0.480 e. The molecule has 0 aromatic heterocycles. The van der Waals surface area contributed by atoms with Gasteiger partial charge in [0.1, 0.15) is 5.75 Å². The first kappa shape index (κ1) is 14.1. The average molecular weight is 314 g/mol. The Morgan fingerprint density at radius 2 is 2.24 bits per heavy atom. The summed E-state index contributed by atoms with van der Waals surface area (Å²) in [5, 5.41) is 9.41. The lowest BCUT2D eigenvalue weighted by Gasteiger charge is -2.20. The second kappa shape index (κ2) is 4.87. The fourth-order valence-corrected chi connectivity index (χ4v) is 2.89. The van der Waals surface area contributed by atoms with Gasteiger partial charge in [0.15, 0.2) is 6.10 Å². The highest BCUT2D eigenvalue weighted by molar-refractivity contribution is 6.30. The van der Waals surface area contributed by atoms with Gasteiger partial charge in [0.2, 0.25) is 5.67 Å². The fourth-order valence-electron chi connectivity index (χ4n) is 2.69. The molecule has 1 N–H and O–H groups in total. The smallest absolute Gasteiger partial charge is 0.343 e. The summed E-state index contributed by atoms with van der Waals surface area (Å²) in [4.78, 5) is 24.4. The first-order valence-electron chi connectivity index (χ1n) is 6.55. The minimum absolute atomic E-state index is 0.0819. The molecule has 3 rings (SSSR count). The summed E-state index contributed by atoms with van der Waals surface area (Å²) in [5.41, 5.74) is -1.53. The standard InChI is InChI=1S/C14H13ClFNO4/c15-9-1-2-10-8(5-9)6-11(21-10)12(18)17-4-3-14(16,7-17)13(19)20/h1-2,5,11H,3-4,6-7H2,(H,19,20). The van der Waals surface area contributed by atoms with E-state index in [1.165, 1.54) is 4.90 Å². The highest BCUT2D eigenvalue weighted by Crippen LogP contribution is 2.33. The fraction of sp³-hybridized carbons (Fsp3) is 0.429. The van der Waals surface area contributed by atoms with Crippen LogP contribution in [-0.2, 0) is 16.0 Å². The summed E-state index contributed by atoms with van der Waals surface area (Å²) in [7, 11) is 0. The molecule has 112 valence electrons. The molecule has 2 atom stereocenters. The van der Waals surface area contributed by atoms with Gasteiger partial charge in [-0.15, -0.1) is 0 Å². The number of hydrogen-bond donors (Lipinski definition) is 1. The molecule has 1 saturated heterocycles. The van der Waals surface area contributed by atoms with Crippen molar-refractivity contribution in [3.05, 3.63) is 28.8 Å². The molecule has 2 heterocycles. The predicted octanol–water partition coefficient (Wildman–Crippen LogP) is 1.67. The van der Waals surface area contributed by atoms with Crippen LogP contribution >= 0.6 is 11.6 Å². The van der Waals surface area contributed by atoms with Gasteiger partial charge >= 0.3 is 5.97 Å². The number of rotatable bonds is 2. The number of fused-ring (bicyclic) bond motifs is 1. The van der Waals surface area contributed by atoms with Gasteiger partial charge in [-0.3, -0.25) is 4.79 Å². The Kier molecular flexibility index (Phi) is 3.28. The zero-order chi connectivity index (χ0) is 15.2. The molecule has 0 radical (unpaired) electrons. The third-order valence-electron chi connectivity index (χ3n) is 3.89. The van der Waals surface area contributed by atoms with Gasteiger partial charge in [-0.1, -0.05) is 11.6 Å². The van der Waals surface area contributed by atoms with Crippen LogP contribution in [0.15, 0.2) is 18.2 Å². The molecule has 0 bridgehead atoms. The summed E-state index contributed by atoms with van der Waals surface area (Å²) in [6, 6.07) is 5.08. The molecule has 0 spiro atoms. The number of hydrogen-bond acceptors (Lipinski definition) is 3. The monoisotopic (exact) mass is 313 g/mol. The number of carbonyl (C=O) groups is 2. The number of alkyl halides is 1. The summed E-state index contributed by atoms with van der Waals surface area (Å²) in [6.07, 6.45) is -0.577. The molecule has 21 heavy (non-hydrogen) atoms. The quantitative estimate of drug-likeness (QED) is 0.902. The molecule has 0 saturated carbocycles. The van der Waals surface area contributed by atoms with Crippen molar-refractivity contribution in [3.8, 4) is 5.75 Å². The van der Waals surface area contributed by atoms with E-state index in [1.807, 2.05) is 0 Å². The Balaban J connectivity index is 1.70. The van der Waals surface area contributed by atoms with Crippen molar-refractivity contribution in [1.82, 2.24) is 4.90 Å². The van der Waals surface area contributed by atoms with E-state index in [4.69, 9.17) is 21.4 Å². The third-order valence-corrected chi connectivity index (χ3v) is 4.12. The van der Waals surface area contributed by atoms with Gasteiger partial charge in [0.25, 0.3) is 5.91 Å². The van der Waals surface area contributed by atoms with Crippen molar-refractivity contribution in [3.63, 3.8) is 0 Å². The van der Waals surface area contributed by atoms with Crippen LogP contribution in [0.2, 0.25) is 5.02 Å². The number of carbonyl (C=O) groups excluding carboxylic acids is 1. The Labute approximate surface area is 125 Å². The maximum absolute atomic E-state index is 14.0. The first-order chi connectivity index (χ1) is 9.89. The van der Waals surface area contributed by atoms with Crippen LogP contribution in [0.25, 0.3) is 0 Å². The molecule has 1 aromatic rings. The highest BCUT2D eigenvalue weighted by Gasteiger charge is 2.48. The second-order valence-corrected chi connectivity index (χ2v) is 5.78. The SMILES string of the molecule is O=C(C1Cc2cc(Cl)ccc2O1)N1CCC(F)(C(=O)O)C1. The van der Waals surface area contributed by atoms with E-state index in [1.54, 1.807) is 18.2 Å². The number of carboxylic acids is 1. The van der Waals surface area contributed by atoms with Crippen molar-refractivity contribution in [1.29, 1.82) is 0 Å². The van der Waals surface area contributed by atoms with Gasteiger partial charge in [0.05, 0.1) is 6.54 Å². The third kappa shape index (κ3) is 2.44. The second-order valence-electron chi connectivity index (χ2n) is 5.34. The number of amides is 1. The van der Waals surface area contributed by atoms with Gasteiger partial charge in [-0.2, -0.15) is 0 Å². The van der Waals surface area contributed by atoms with Crippen LogP contribution in [0.3, 0.4) is 0 Å². The number of halogens is 2. The minimum Gasteiger partial charge on any atom is -0.480 e. The van der Waals surface area contributed by atoms with Gasteiger partial charge < -0.3 is 14.7 Å². The van der Waals surface area contributed by atoms with Gasteiger partial charge in [-0.05, 0) is 23.8 Å². The normalized spacial score (nSPS) is 27.3. The van der Waals surface area contributed by atoms with Crippen LogP contribution in [-0.4, -0.2) is 46.7 Å². The van der Waals surface area contributed by atoms with Crippen molar-refractivity contribution in [2.24, 2.45) is 0 Å². The van der Waals surface area contributed by atoms with E-state index in [9.17, 15) is 14.0 Å². The molecular weight excluding hydrogens is 301 g/mol. The van der Waals surface area contributed by atoms with E-state index in [0.29, 0.717) is 17.2 Å². The molecule has 2 unspecified atom stereocenters. The molecule has 2 aliphatic heterocycles. The zero-order valence-electron chi connectivity index (χ0n) is 11.0. The Hall–Kier alpha value is -1.82. The Morgan fingerprint density at radius 1 is 1.48 bits per heavy atom. The van der Waals surface area contributed by atoms with Crippen LogP contribution in [0, 0.1) is 0 Å². The van der Waals surface area contributed by atoms with Crippen LogP contribution in [0.1, 0.15) is 12.0 Å². The number of aliphatic carboxylic acids is 1. The molecule has 0 aliphatic carbocycles. The lowest BCUT2D eigenvalue weighted by atomic mass is 10.1. The van der Waals surface area contributed by atoms with Crippen molar-refractivity contribution >= 4 is 23.5 Å².